The van der Waals surface area contributed by atoms with Gasteiger partial charge in [0.1, 0.15) is 0 Å². The number of aromatic nitrogens is 1. The van der Waals surface area contributed by atoms with Gasteiger partial charge in [0, 0.05) is 23.7 Å². The van der Waals surface area contributed by atoms with Gasteiger partial charge in [-0.15, -0.1) is 11.8 Å². The van der Waals surface area contributed by atoms with Gasteiger partial charge in [-0.1, -0.05) is 39.4 Å². The number of nitrogens with zero attached hydrogens (tertiary/aromatic N) is 2. The average Bonchev–Trinajstić information content (AvgIpc) is 3.17. The summed E-state index contributed by atoms with van der Waals surface area (Å²) in [4.78, 5) is 15.1. The molecule has 1 amide bonds. The second-order valence-electron chi connectivity index (χ2n) is 5.06. The quantitative estimate of drug-likeness (QED) is 0.777. The Labute approximate surface area is 156 Å². The van der Waals surface area contributed by atoms with E-state index in [-0.39, 0.29) is 20.6 Å². The first-order chi connectivity index (χ1) is 11.4. The lowest BCUT2D eigenvalue weighted by molar-refractivity contribution is -0.114. The summed E-state index contributed by atoms with van der Waals surface area (Å²) >= 11 is 5.95. The summed E-state index contributed by atoms with van der Waals surface area (Å²) in [6, 6.07) is 7.65. The topological polar surface area (TPSA) is 79.4 Å². The Morgan fingerprint density at radius 2 is 2.08 bits per heavy atom. The number of anilines is 1. The fourth-order valence-electron chi connectivity index (χ4n) is 2.29. The number of hydrogen-bond donors (Lipinski definition) is 1. The highest BCUT2D eigenvalue weighted by Crippen LogP contribution is 2.42. The van der Waals surface area contributed by atoms with Crippen molar-refractivity contribution in [1.29, 1.82) is 0 Å². The maximum Gasteiger partial charge on any atom is 0.255 e. The van der Waals surface area contributed by atoms with Gasteiger partial charge in [0.05, 0.1) is 11.6 Å². The van der Waals surface area contributed by atoms with Gasteiger partial charge in [-0.3, -0.25) is 4.79 Å². The van der Waals surface area contributed by atoms with Crippen LogP contribution in [0.4, 0.5) is 5.13 Å². The Morgan fingerprint density at radius 3 is 2.75 bits per heavy atom. The molecule has 6 nitrogen and oxygen atoms in total. The number of carbonyl (C=O) groups is 1. The number of halogens is 1. The molecular formula is C14H14BrN3O3S3. The van der Waals surface area contributed by atoms with Crippen molar-refractivity contribution in [2.45, 2.75) is 16.5 Å². The third-order valence-electron chi connectivity index (χ3n) is 3.33. The van der Waals surface area contributed by atoms with Crippen molar-refractivity contribution in [2.75, 3.05) is 17.6 Å². The van der Waals surface area contributed by atoms with Crippen molar-refractivity contribution in [3.05, 3.63) is 40.5 Å². The highest BCUT2D eigenvalue weighted by atomic mass is 79.9. The molecule has 1 aromatic carbocycles. The minimum absolute atomic E-state index is 0.135. The largest absolute Gasteiger partial charge is 0.302 e. The van der Waals surface area contributed by atoms with Crippen LogP contribution in [0.1, 0.15) is 17.9 Å². The highest BCUT2D eigenvalue weighted by molar-refractivity contribution is 9.10. The van der Waals surface area contributed by atoms with Crippen molar-refractivity contribution in [3.63, 3.8) is 0 Å². The minimum Gasteiger partial charge on any atom is -0.302 e. The molecule has 2 aromatic rings. The highest BCUT2D eigenvalue weighted by Gasteiger charge is 2.38. The summed E-state index contributed by atoms with van der Waals surface area (Å²) in [6.45, 7) is 1.80. The van der Waals surface area contributed by atoms with Crippen molar-refractivity contribution < 1.29 is 13.2 Å². The predicted molar refractivity (Wildman–Crippen MR) is 99.7 cm³/mol. The van der Waals surface area contributed by atoms with Crippen LogP contribution in [0.2, 0.25) is 0 Å². The van der Waals surface area contributed by atoms with E-state index in [1.165, 1.54) is 17.4 Å². The maximum absolute atomic E-state index is 12.9. The molecule has 128 valence electrons. The zero-order chi connectivity index (χ0) is 17.3. The van der Waals surface area contributed by atoms with Gasteiger partial charge in [0.2, 0.25) is 5.91 Å². The molecular weight excluding hydrogens is 434 g/mol. The van der Waals surface area contributed by atoms with Gasteiger partial charge in [0.25, 0.3) is 10.0 Å². The third kappa shape index (κ3) is 3.67. The van der Waals surface area contributed by atoms with Crippen molar-refractivity contribution in [1.82, 2.24) is 9.29 Å². The second kappa shape index (κ2) is 7.12. The van der Waals surface area contributed by atoms with E-state index in [2.05, 4.69) is 26.2 Å². The first-order valence-electron chi connectivity index (χ1n) is 7.00. The number of hydrogen-bond acceptors (Lipinski definition) is 6. The monoisotopic (exact) mass is 447 g/mol. The van der Waals surface area contributed by atoms with Gasteiger partial charge in [-0.2, -0.15) is 4.31 Å². The minimum atomic E-state index is -3.66. The lowest BCUT2D eigenvalue weighted by atomic mass is 10.2. The van der Waals surface area contributed by atoms with E-state index in [9.17, 15) is 13.2 Å². The molecule has 0 radical (unpaired) electrons. The van der Waals surface area contributed by atoms with Gasteiger partial charge in [0.15, 0.2) is 9.34 Å². The van der Waals surface area contributed by atoms with E-state index in [4.69, 9.17) is 0 Å². The van der Waals surface area contributed by atoms with Crippen LogP contribution in [-0.4, -0.2) is 35.9 Å². The van der Waals surface area contributed by atoms with E-state index in [0.29, 0.717) is 6.54 Å². The Balaban J connectivity index is 1.89. The van der Waals surface area contributed by atoms with Crippen molar-refractivity contribution in [2.24, 2.45) is 0 Å². The van der Waals surface area contributed by atoms with Crippen LogP contribution in [-0.2, 0) is 14.8 Å². The molecule has 3 rings (SSSR count). The average molecular weight is 448 g/mol. The molecule has 10 heteroatoms. The van der Waals surface area contributed by atoms with E-state index >= 15 is 0 Å². The third-order valence-corrected chi connectivity index (χ3v) is 8.47. The lowest BCUT2D eigenvalue weighted by Crippen LogP contribution is -2.30. The molecule has 0 spiro atoms. The number of carbonyl (C=O) groups excluding carboxylic acids is 1. The molecule has 1 aromatic heterocycles. The fourth-order valence-corrected chi connectivity index (χ4v) is 7.01. The molecule has 1 aliphatic rings. The normalized spacial score (nSPS) is 18.7. The predicted octanol–water partition coefficient (Wildman–Crippen LogP) is 3.30. The molecule has 1 fully saturated rings. The summed E-state index contributed by atoms with van der Waals surface area (Å²) in [5, 5.41) is 2.54. The van der Waals surface area contributed by atoms with Crippen LogP contribution in [0.5, 0.6) is 0 Å². The first-order valence-corrected chi connectivity index (χ1v) is 11.1. The summed E-state index contributed by atoms with van der Waals surface area (Å²) in [5.41, 5.74) is 0.941. The molecule has 0 bridgehead atoms. The first kappa shape index (κ1) is 17.9. The molecule has 24 heavy (non-hydrogen) atoms. The van der Waals surface area contributed by atoms with Gasteiger partial charge in [-0.05, 0) is 17.7 Å². The molecule has 0 aliphatic carbocycles. The van der Waals surface area contributed by atoms with E-state index in [1.54, 1.807) is 11.8 Å². The van der Waals surface area contributed by atoms with Gasteiger partial charge in [-0.25, -0.2) is 13.4 Å². The Morgan fingerprint density at radius 1 is 1.38 bits per heavy atom. The van der Waals surface area contributed by atoms with E-state index in [1.807, 2.05) is 24.3 Å². The van der Waals surface area contributed by atoms with E-state index < -0.39 is 10.0 Å². The molecule has 0 saturated carbocycles. The number of benzene rings is 1. The van der Waals surface area contributed by atoms with Crippen molar-refractivity contribution in [3.8, 4) is 0 Å². The molecule has 2 heterocycles. The van der Waals surface area contributed by atoms with Crippen molar-refractivity contribution >= 4 is 60.1 Å². The number of rotatable bonds is 4. The second-order valence-corrected chi connectivity index (χ2v) is 10.3. The molecule has 1 N–H and O–H groups in total. The summed E-state index contributed by atoms with van der Waals surface area (Å²) < 4.78 is 28.5. The molecule has 1 aliphatic heterocycles. The molecule has 1 saturated heterocycles. The maximum atomic E-state index is 12.9. The van der Waals surface area contributed by atoms with Gasteiger partial charge >= 0.3 is 0 Å². The number of thioether (sulfide) groups is 1. The summed E-state index contributed by atoms with van der Waals surface area (Å²) in [7, 11) is -3.66. The SMILES string of the molecule is CC(=O)Nc1ncc(S(=O)(=O)N2CCSC2c2ccc(Br)cc2)s1. The van der Waals surface area contributed by atoms with Crippen LogP contribution >= 0.6 is 39.0 Å². The number of nitrogens with one attached hydrogen (secondary N) is 1. The summed E-state index contributed by atoms with van der Waals surface area (Å²) in [5.74, 6) is 0.454. The van der Waals surface area contributed by atoms with Crippen LogP contribution < -0.4 is 5.32 Å². The van der Waals surface area contributed by atoms with Crippen LogP contribution in [0, 0.1) is 0 Å². The number of amides is 1. The smallest absolute Gasteiger partial charge is 0.255 e. The summed E-state index contributed by atoms with van der Waals surface area (Å²) in [6.07, 6.45) is 1.30. The van der Waals surface area contributed by atoms with Crippen LogP contribution in [0.3, 0.4) is 0 Å². The van der Waals surface area contributed by atoms with Gasteiger partial charge < -0.3 is 5.32 Å². The lowest BCUT2D eigenvalue weighted by Gasteiger charge is -2.22. The Kier molecular flexibility index (Phi) is 5.30. The zero-order valence-corrected chi connectivity index (χ0v) is 16.6. The fraction of sp³-hybridized carbons (Fsp3) is 0.286. The van der Waals surface area contributed by atoms with Crippen LogP contribution in [0.25, 0.3) is 0 Å². The van der Waals surface area contributed by atoms with E-state index in [0.717, 1.165) is 27.1 Å². The van der Waals surface area contributed by atoms with Crippen LogP contribution in [0.15, 0.2) is 39.1 Å². The number of sulfonamides is 1. The molecule has 1 unspecified atom stereocenters. The molecule has 1 atom stereocenters. The Hall–Kier alpha value is -0.940. The number of thiazole rings is 1. The Bertz CT molecular complexity index is 852. The standard InChI is InChI=1S/C14H14BrN3O3S3/c1-9(19)17-14-16-8-12(23-14)24(20,21)18-6-7-22-13(18)10-2-4-11(15)5-3-10/h2-5,8,13H,6-7H2,1H3,(H,16,17,19). The zero-order valence-electron chi connectivity index (χ0n) is 12.6.